The molecule has 2 aromatic rings. The SMILES string of the molecule is O=C(OC1CC(C(=O)N2CCCC2C(=O)NCCO)=CC2OC3(Cc4ccccc4C3)OC21)c1cccc(C=CC2CCC3OC3C2)c1. The summed E-state index contributed by atoms with van der Waals surface area (Å²) in [5, 5.41) is 11.9. The van der Waals surface area contributed by atoms with E-state index in [1.54, 1.807) is 11.0 Å². The number of hydrogen-bond donors (Lipinski definition) is 2. The van der Waals surface area contributed by atoms with Crippen molar-refractivity contribution in [3.8, 4) is 0 Å². The van der Waals surface area contributed by atoms with E-state index in [1.165, 1.54) is 0 Å². The largest absolute Gasteiger partial charge is 0.456 e. The number of benzene rings is 2. The quantitative estimate of drug-likeness (QED) is 0.327. The second-order valence-electron chi connectivity index (χ2n) is 14.0. The van der Waals surface area contributed by atoms with Gasteiger partial charge < -0.3 is 34.3 Å². The monoisotopic (exact) mass is 654 g/mol. The maximum atomic E-state index is 14.0. The molecule has 7 unspecified atom stereocenters. The van der Waals surface area contributed by atoms with Crippen molar-refractivity contribution in [3.63, 3.8) is 0 Å². The van der Waals surface area contributed by atoms with E-state index in [-0.39, 0.29) is 31.4 Å². The van der Waals surface area contributed by atoms with Gasteiger partial charge in [-0.3, -0.25) is 9.59 Å². The molecule has 2 N–H and O–H groups in total. The molecule has 2 aromatic carbocycles. The third-order valence-corrected chi connectivity index (χ3v) is 10.7. The number of carbonyl (C=O) groups is 3. The van der Waals surface area contributed by atoms with E-state index < -0.39 is 36.1 Å². The maximum absolute atomic E-state index is 14.0. The Balaban J connectivity index is 1.02. The van der Waals surface area contributed by atoms with Gasteiger partial charge in [-0.2, -0.15) is 0 Å². The van der Waals surface area contributed by atoms with E-state index in [4.69, 9.17) is 18.9 Å². The number of aliphatic hydroxyl groups excluding tert-OH is 1. The summed E-state index contributed by atoms with van der Waals surface area (Å²) in [6.45, 7) is 0.398. The van der Waals surface area contributed by atoms with E-state index in [2.05, 4.69) is 29.6 Å². The normalized spacial score (nSPS) is 31.2. The average Bonchev–Trinajstić information content (AvgIpc) is 3.38. The molecule has 10 nitrogen and oxygen atoms in total. The molecule has 2 amide bonds. The number of nitrogens with zero attached hydrogens (tertiary/aromatic N) is 1. The lowest BCUT2D eigenvalue weighted by atomic mass is 9.88. The van der Waals surface area contributed by atoms with Gasteiger partial charge >= 0.3 is 5.97 Å². The number of aliphatic hydroxyl groups is 1. The van der Waals surface area contributed by atoms with Crippen LogP contribution in [0.1, 0.15) is 65.6 Å². The Kier molecular flexibility index (Phi) is 8.44. The second-order valence-corrected chi connectivity index (χ2v) is 14.0. The predicted molar refractivity (Wildman–Crippen MR) is 175 cm³/mol. The van der Waals surface area contributed by atoms with Crippen LogP contribution >= 0.6 is 0 Å². The lowest BCUT2D eigenvalue weighted by molar-refractivity contribution is -0.172. The van der Waals surface area contributed by atoms with Crippen LogP contribution in [0.5, 0.6) is 0 Å². The summed E-state index contributed by atoms with van der Waals surface area (Å²) in [5.41, 5.74) is 4.09. The molecule has 3 saturated heterocycles. The number of likely N-dealkylation sites (tertiary alicyclic amines) is 1. The molecule has 10 heteroatoms. The van der Waals surface area contributed by atoms with Crippen molar-refractivity contribution in [2.24, 2.45) is 5.92 Å². The minimum absolute atomic E-state index is 0.130. The summed E-state index contributed by atoms with van der Waals surface area (Å²) < 4.78 is 25.2. The number of rotatable bonds is 8. The van der Waals surface area contributed by atoms with Crippen molar-refractivity contribution < 1.29 is 38.4 Å². The van der Waals surface area contributed by atoms with Gasteiger partial charge in [0.15, 0.2) is 5.79 Å². The summed E-state index contributed by atoms with van der Waals surface area (Å²) in [4.78, 5) is 42.2. The summed E-state index contributed by atoms with van der Waals surface area (Å²) in [5.74, 6) is -1.48. The van der Waals surface area contributed by atoms with Crippen molar-refractivity contribution >= 4 is 23.9 Å². The first-order valence-corrected chi connectivity index (χ1v) is 17.4. The molecule has 3 aliphatic carbocycles. The van der Waals surface area contributed by atoms with Gasteiger partial charge in [0.25, 0.3) is 0 Å². The molecule has 8 rings (SSSR count). The average molecular weight is 655 g/mol. The van der Waals surface area contributed by atoms with Crippen LogP contribution in [0.25, 0.3) is 6.08 Å². The summed E-state index contributed by atoms with van der Waals surface area (Å²) in [7, 11) is 0. The molecule has 252 valence electrons. The molecule has 1 saturated carbocycles. The number of hydrogen-bond acceptors (Lipinski definition) is 8. The Morgan fingerprint density at radius 3 is 2.65 bits per heavy atom. The molecule has 0 aromatic heterocycles. The van der Waals surface area contributed by atoms with Crippen LogP contribution in [-0.2, 0) is 41.4 Å². The van der Waals surface area contributed by atoms with Crippen LogP contribution in [0.2, 0.25) is 0 Å². The fourth-order valence-electron chi connectivity index (χ4n) is 8.25. The first-order chi connectivity index (χ1) is 23.4. The minimum Gasteiger partial charge on any atom is -0.456 e. The van der Waals surface area contributed by atoms with Gasteiger partial charge in [-0.05, 0) is 72.9 Å². The fraction of sp³-hybridized carbons (Fsp3) is 0.500. The van der Waals surface area contributed by atoms with Gasteiger partial charge in [-0.1, -0.05) is 48.6 Å². The maximum Gasteiger partial charge on any atom is 0.338 e. The first kappa shape index (κ1) is 31.4. The van der Waals surface area contributed by atoms with Crippen LogP contribution in [0.4, 0.5) is 0 Å². The van der Waals surface area contributed by atoms with Crippen molar-refractivity contribution in [1.82, 2.24) is 10.2 Å². The van der Waals surface area contributed by atoms with E-state index in [1.807, 2.05) is 36.4 Å². The Hall–Kier alpha value is -3.83. The Bertz CT molecular complexity index is 1630. The number of carbonyl (C=O) groups excluding carboxylic acids is 3. The topological polar surface area (TPSA) is 127 Å². The zero-order valence-corrected chi connectivity index (χ0v) is 26.9. The predicted octanol–water partition coefficient (Wildman–Crippen LogP) is 3.50. The highest BCUT2D eigenvalue weighted by molar-refractivity contribution is 5.98. The highest BCUT2D eigenvalue weighted by atomic mass is 16.8. The molecule has 48 heavy (non-hydrogen) atoms. The first-order valence-electron chi connectivity index (χ1n) is 17.4. The second kappa shape index (κ2) is 12.9. The Labute approximate surface area is 280 Å². The van der Waals surface area contributed by atoms with Gasteiger partial charge in [0, 0.05) is 37.9 Å². The molecule has 0 bridgehead atoms. The van der Waals surface area contributed by atoms with Gasteiger partial charge in [-0.15, -0.1) is 0 Å². The summed E-state index contributed by atoms with van der Waals surface area (Å²) >= 11 is 0. The van der Waals surface area contributed by atoms with Crippen LogP contribution in [-0.4, -0.2) is 89.8 Å². The van der Waals surface area contributed by atoms with Crippen molar-refractivity contribution in [2.45, 2.75) is 93.7 Å². The molecule has 3 heterocycles. The Morgan fingerprint density at radius 2 is 1.85 bits per heavy atom. The van der Waals surface area contributed by atoms with Gasteiger partial charge in [0.1, 0.15) is 24.4 Å². The molecular weight excluding hydrogens is 612 g/mol. The number of epoxide rings is 1. The minimum atomic E-state index is -0.908. The Morgan fingerprint density at radius 1 is 1.02 bits per heavy atom. The zero-order valence-electron chi connectivity index (χ0n) is 26.9. The summed E-state index contributed by atoms with van der Waals surface area (Å²) in [6.07, 6.45) is 10.8. The lowest BCUT2D eigenvalue weighted by Crippen LogP contribution is -2.49. The highest BCUT2D eigenvalue weighted by Gasteiger charge is 2.55. The van der Waals surface area contributed by atoms with Crippen molar-refractivity contribution in [3.05, 3.63) is 88.5 Å². The molecule has 6 aliphatic rings. The van der Waals surface area contributed by atoms with Crippen LogP contribution in [0.3, 0.4) is 0 Å². The number of esters is 1. The third kappa shape index (κ3) is 6.22. The summed E-state index contributed by atoms with van der Waals surface area (Å²) in [6, 6.07) is 14.9. The number of fused-ring (bicyclic) bond motifs is 3. The third-order valence-electron chi connectivity index (χ3n) is 10.7. The molecule has 7 atom stereocenters. The molecule has 0 radical (unpaired) electrons. The number of nitrogens with one attached hydrogen (secondary N) is 1. The zero-order chi connectivity index (χ0) is 32.8. The van der Waals surface area contributed by atoms with Crippen LogP contribution in [0, 0.1) is 5.92 Å². The molecule has 4 fully saturated rings. The smallest absolute Gasteiger partial charge is 0.338 e. The van der Waals surface area contributed by atoms with E-state index in [0.29, 0.717) is 61.5 Å². The standard InChI is InChI=1S/C38H42N2O8/c41-16-14-39-35(42)29-9-4-15-40(29)36(43)28-19-32(34-33(20-28)47-38(48-34)21-26-6-1-2-7-27(26)22-38)46-37(44)25-8-3-5-23(17-25)10-11-24-12-13-30-31(18-24)45-30/h1-3,5-8,10-11,17,20,24,29-34,41H,4,9,12-16,18-19,21-22H2,(H,39,42). The van der Waals surface area contributed by atoms with Gasteiger partial charge in [0.05, 0.1) is 24.4 Å². The molecular formula is C38H42N2O8. The van der Waals surface area contributed by atoms with E-state index >= 15 is 0 Å². The van der Waals surface area contributed by atoms with Crippen LogP contribution < -0.4 is 5.32 Å². The van der Waals surface area contributed by atoms with Crippen molar-refractivity contribution in [2.75, 3.05) is 19.7 Å². The van der Waals surface area contributed by atoms with Crippen molar-refractivity contribution in [1.29, 1.82) is 0 Å². The molecule has 1 spiro atoms. The molecule has 3 aliphatic heterocycles. The highest BCUT2D eigenvalue weighted by Crippen LogP contribution is 2.45. The lowest BCUT2D eigenvalue weighted by Gasteiger charge is -2.32. The van der Waals surface area contributed by atoms with E-state index in [9.17, 15) is 19.5 Å². The number of ether oxygens (including phenoxy) is 4. The fourth-order valence-corrected chi connectivity index (χ4v) is 8.25. The van der Waals surface area contributed by atoms with Gasteiger partial charge in [0.2, 0.25) is 11.8 Å². The van der Waals surface area contributed by atoms with Gasteiger partial charge in [-0.25, -0.2) is 4.79 Å². The van der Waals surface area contributed by atoms with E-state index in [0.717, 1.165) is 36.0 Å². The number of amides is 2. The number of allylic oxidation sites excluding steroid dienone is 1. The van der Waals surface area contributed by atoms with Crippen LogP contribution in [0.15, 0.2) is 66.3 Å².